The Hall–Kier alpha value is -2.49. The molecule has 0 spiro atoms. The van der Waals surface area contributed by atoms with Crippen LogP contribution in [-0.4, -0.2) is 35.5 Å². The lowest BCUT2D eigenvalue weighted by atomic mass is 10.3. The van der Waals surface area contributed by atoms with Crippen LogP contribution in [0.4, 0.5) is 9.80 Å². The molecule has 21 heavy (non-hydrogen) atoms. The van der Waals surface area contributed by atoms with Gasteiger partial charge in [0.1, 0.15) is 4.88 Å². The van der Waals surface area contributed by atoms with Crippen molar-refractivity contribution in [1.82, 2.24) is 10.6 Å². The molecule has 0 bridgehead atoms. The minimum Gasteiger partial charge on any atom is -0.448 e. The first kappa shape index (κ1) is 16.6. The number of hydrogen-bond acceptors (Lipinski definition) is 7. The summed E-state index contributed by atoms with van der Waals surface area (Å²) in [6.45, 7) is 3.30. The highest BCUT2D eigenvalue weighted by Crippen LogP contribution is 2.24. The predicted molar refractivity (Wildman–Crippen MR) is 73.1 cm³/mol. The molecule has 0 saturated heterocycles. The molecule has 1 aromatic rings. The van der Waals surface area contributed by atoms with Gasteiger partial charge < -0.3 is 10.1 Å². The van der Waals surface area contributed by atoms with E-state index in [2.05, 4.69) is 5.32 Å². The Morgan fingerprint density at radius 3 is 2.62 bits per heavy atom. The number of nitrogens with zero attached hydrogens (tertiary/aromatic N) is 1. The van der Waals surface area contributed by atoms with Crippen LogP contribution in [0.1, 0.15) is 23.5 Å². The predicted octanol–water partition coefficient (Wildman–Crippen LogP) is 1.05. The van der Waals surface area contributed by atoms with Gasteiger partial charge in [-0.25, -0.2) is 9.59 Å². The van der Waals surface area contributed by atoms with Crippen LogP contribution in [0, 0.1) is 10.1 Å². The van der Waals surface area contributed by atoms with Crippen molar-refractivity contribution in [2.75, 3.05) is 6.54 Å². The fourth-order valence-corrected chi connectivity index (χ4v) is 1.93. The molecule has 0 aliphatic heterocycles. The molecule has 1 rings (SSSR count). The van der Waals surface area contributed by atoms with E-state index in [4.69, 9.17) is 4.74 Å². The number of amides is 3. The van der Waals surface area contributed by atoms with Crippen LogP contribution in [0.2, 0.25) is 0 Å². The number of carbonyl (C=O) groups excluding carboxylic acids is 3. The first-order valence-electron chi connectivity index (χ1n) is 5.89. The summed E-state index contributed by atoms with van der Waals surface area (Å²) >= 11 is 0.640. The lowest BCUT2D eigenvalue weighted by Crippen LogP contribution is -2.44. The lowest BCUT2D eigenvalue weighted by Gasteiger charge is -2.12. The normalized spacial score (nSPS) is 11.3. The van der Waals surface area contributed by atoms with Gasteiger partial charge >= 0.3 is 17.0 Å². The molecule has 2 N–H and O–H groups in total. The van der Waals surface area contributed by atoms with Crippen molar-refractivity contribution in [1.29, 1.82) is 0 Å². The molecular weight excluding hydrogens is 302 g/mol. The zero-order chi connectivity index (χ0) is 16.0. The van der Waals surface area contributed by atoms with E-state index in [0.717, 1.165) is 0 Å². The van der Waals surface area contributed by atoms with E-state index in [1.165, 1.54) is 19.1 Å². The average Bonchev–Trinajstić information content (AvgIpc) is 2.88. The Labute approximate surface area is 123 Å². The van der Waals surface area contributed by atoms with Gasteiger partial charge in [-0.1, -0.05) is 11.3 Å². The number of esters is 1. The minimum atomic E-state index is -1.21. The van der Waals surface area contributed by atoms with E-state index in [1.54, 1.807) is 6.92 Å². The van der Waals surface area contributed by atoms with Crippen molar-refractivity contribution in [2.45, 2.75) is 20.0 Å². The van der Waals surface area contributed by atoms with Crippen molar-refractivity contribution in [3.8, 4) is 0 Å². The standard InChI is InChI=1S/C11H13N3O6S/c1-3-12-11(17)13-9(15)6(2)20-10(16)7-4-5-8(21-7)14(18)19/h4-6H,3H2,1-2H3,(H2,12,13,15,17)/t6-/m1/s1. The Bertz CT molecular complexity index is 570. The third-order valence-electron chi connectivity index (χ3n) is 2.20. The Morgan fingerprint density at radius 1 is 1.43 bits per heavy atom. The van der Waals surface area contributed by atoms with Crippen molar-refractivity contribution >= 4 is 34.2 Å². The highest BCUT2D eigenvalue weighted by atomic mass is 32.1. The molecule has 114 valence electrons. The van der Waals surface area contributed by atoms with E-state index < -0.39 is 28.9 Å². The van der Waals surface area contributed by atoms with Gasteiger partial charge in [-0.15, -0.1) is 0 Å². The van der Waals surface area contributed by atoms with Gasteiger partial charge in [-0.2, -0.15) is 0 Å². The number of hydrogen-bond donors (Lipinski definition) is 2. The van der Waals surface area contributed by atoms with Crippen LogP contribution < -0.4 is 10.6 Å². The summed E-state index contributed by atoms with van der Waals surface area (Å²) in [5, 5.41) is 14.6. The SMILES string of the molecule is CCNC(=O)NC(=O)[C@@H](C)OC(=O)c1ccc([N+](=O)[O-])s1. The summed E-state index contributed by atoms with van der Waals surface area (Å²) in [7, 11) is 0. The van der Waals surface area contributed by atoms with Gasteiger partial charge in [0.25, 0.3) is 5.91 Å². The number of urea groups is 1. The number of nitro groups is 1. The maximum absolute atomic E-state index is 11.7. The second-order valence-electron chi connectivity index (χ2n) is 3.79. The topological polar surface area (TPSA) is 128 Å². The van der Waals surface area contributed by atoms with Crippen LogP contribution in [0.5, 0.6) is 0 Å². The van der Waals surface area contributed by atoms with E-state index in [0.29, 0.717) is 17.9 Å². The van der Waals surface area contributed by atoms with Crippen molar-refractivity contribution < 1.29 is 24.0 Å². The van der Waals surface area contributed by atoms with Gasteiger partial charge in [0.05, 0.1) is 4.92 Å². The number of carbonyl (C=O) groups is 3. The van der Waals surface area contributed by atoms with Crippen molar-refractivity contribution in [2.24, 2.45) is 0 Å². The summed E-state index contributed by atoms with van der Waals surface area (Å²) in [6, 6.07) is 1.71. The second-order valence-corrected chi connectivity index (χ2v) is 4.85. The van der Waals surface area contributed by atoms with Gasteiger partial charge in [0.2, 0.25) is 0 Å². The molecule has 0 fully saturated rings. The third-order valence-corrected chi connectivity index (χ3v) is 3.22. The summed E-state index contributed by atoms with van der Waals surface area (Å²) in [4.78, 5) is 44.3. The molecule has 0 aliphatic rings. The maximum atomic E-state index is 11.7. The van der Waals surface area contributed by atoms with Crippen LogP contribution >= 0.6 is 11.3 Å². The quantitative estimate of drug-likeness (QED) is 0.475. The smallest absolute Gasteiger partial charge is 0.349 e. The Balaban J connectivity index is 2.58. The Kier molecular flexibility index (Phi) is 5.79. The largest absolute Gasteiger partial charge is 0.448 e. The molecule has 3 amide bonds. The molecule has 0 saturated carbocycles. The minimum absolute atomic E-state index is 0.000593. The molecule has 0 unspecified atom stereocenters. The number of imide groups is 1. The van der Waals surface area contributed by atoms with E-state index in [-0.39, 0.29) is 9.88 Å². The van der Waals surface area contributed by atoms with Gasteiger partial charge in [0, 0.05) is 12.6 Å². The summed E-state index contributed by atoms with van der Waals surface area (Å²) < 4.78 is 4.83. The molecule has 0 aliphatic carbocycles. The van der Waals surface area contributed by atoms with Crippen molar-refractivity contribution in [3.05, 3.63) is 27.1 Å². The lowest BCUT2D eigenvalue weighted by molar-refractivity contribution is -0.380. The number of nitrogens with one attached hydrogen (secondary N) is 2. The zero-order valence-electron chi connectivity index (χ0n) is 11.2. The van der Waals surface area contributed by atoms with Crippen LogP contribution in [0.3, 0.4) is 0 Å². The molecule has 10 heteroatoms. The number of rotatable bonds is 5. The Morgan fingerprint density at radius 2 is 2.10 bits per heavy atom. The fraction of sp³-hybridized carbons (Fsp3) is 0.364. The number of thiophene rings is 1. The van der Waals surface area contributed by atoms with Crippen LogP contribution in [-0.2, 0) is 9.53 Å². The first-order chi connectivity index (χ1) is 9.85. The average molecular weight is 315 g/mol. The molecule has 0 radical (unpaired) electrons. The molecule has 9 nitrogen and oxygen atoms in total. The highest BCUT2D eigenvalue weighted by Gasteiger charge is 2.23. The maximum Gasteiger partial charge on any atom is 0.349 e. The molecular formula is C11H13N3O6S. The fourth-order valence-electron chi connectivity index (χ4n) is 1.23. The molecule has 1 atom stereocenters. The zero-order valence-corrected chi connectivity index (χ0v) is 12.1. The highest BCUT2D eigenvalue weighted by molar-refractivity contribution is 7.17. The van der Waals surface area contributed by atoms with E-state index in [9.17, 15) is 24.5 Å². The summed E-state index contributed by atoms with van der Waals surface area (Å²) in [5.74, 6) is -1.66. The monoisotopic (exact) mass is 315 g/mol. The number of ether oxygens (including phenoxy) is 1. The van der Waals surface area contributed by atoms with Crippen LogP contribution in [0.15, 0.2) is 12.1 Å². The molecule has 0 aromatic carbocycles. The molecule has 1 heterocycles. The van der Waals surface area contributed by atoms with Crippen LogP contribution in [0.25, 0.3) is 0 Å². The third kappa shape index (κ3) is 4.84. The van der Waals surface area contributed by atoms with E-state index in [1.807, 2.05) is 5.32 Å². The van der Waals surface area contributed by atoms with E-state index >= 15 is 0 Å². The summed E-state index contributed by atoms with van der Waals surface area (Å²) in [6.07, 6.45) is -1.21. The van der Waals surface area contributed by atoms with Crippen molar-refractivity contribution in [3.63, 3.8) is 0 Å². The van der Waals surface area contributed by atoms with Gasteiger partial charge in [0.15, 0.2) is 6.10 Å². The summed E-state index contributed by atoms with van der Waals surface area (Å²) in [5.41, 5.74) is 0. The molecule has 1 aromatic heterocycles. The van der Waals surface area contributed by atoms with Gasteiger partial charge in [-0.3, -0.25) is 20.2 Å². The first-order valence-corrected chi connectivity index (χ1v) is 6.70. The second kappa shape index (κ2) is 7.33. The van der Waals surface area contributed by atoms with Gasteiger partial charge in [-0.05, 0) is 19.9 Å².